The van der Waals surface area contributed by atoms with Crippen molar-refractivity contribution in [3.8, 4) is 0 Å². The van der Waals surface area contributed by atoms with E-state index in [1.165, 1.54) is 24.3 Å². The second-order valence-electron chi connectivity index (χ2n) is 4.52. The summed E-state index contributed by atoms with van der Waals surface area (Å²) in [5, 5.41) is 1.11. The van der Waals surface area contributed by atoms with Crippen molar-refractivity contribution >= 4 is 37.5 Å². The first-order chi connectivity index (χ1) is 9.85. The molecule has 0 atom stereocenters. The molecule has 0 aliphatic rings. The number of benzene rings is 2. The van der Waals surface area contributed by atoms with E-state index in [0.29, 0.717) is 11.1 Å². The molecule has 2 N–H and O–H groups in total. The average Bonchev–Trinajstić information content (AvgIpc) is 2.43. The Kier molecular flexibility index (Phi) is 4.80. The molecule has 21 heavy (non-hydrogen) atoms. The van der Waals surface area contributed by atoms with Crippen LogP contribution in [0.25, 0.3) is 6.08 Å². The predicted molar refractivity (Wildman–Crippen MR) is 86.6 cm³/mol. The number of nitrogen functional groups attached to an aromatic ring is 1. The highest BCUT2D eigenvalue weighted by atomic mass is 79.9. The predicted octanol–water partition coefficient (Wildman–Crippen LogP) is 3.76. The van der Waals surface area contributed by atoms with Gasteiger partial charge in [0.15, 0.2) is 9.84 Å². The number of anilines is 1. The zero-order chi connectivity index (χ0) is 15.5. The molecule has 0 fully saturated rings. The largest absolute Gasteiger partial charge is 0.396 e. The van der Waals surface area contributed by atoms with Gasteiger partial charge in [0.05, 0.1) is 11.4 Å². The third kappa shape index (κ3) is 4.68. The second kappa shape index (κ2) is 6.41. The maximum absolute atomic E-state index is 13.0. The maximum atomic E-state index is 13.0. The van der Waals surface area contributed by atoms with Gasteiger partial charge in [-0.1, -0.05) is 34.1 Å². The Hall–Kier alpha value is -1.66. The first-order valence-corrected chi connectivity index (χ1v) is 8.57. The smallest absolute Gasteiger partial charge is 0.175 e. The summed E-state index contributed by atoms with van der Waals surface area (Å²) < 4.78 is 37.9. The Morgan fingerprint density at radius 1 is 1.14 bits per heavy atom. The van der Waals surface area contributed by atoms with Crippen LogP contribution in [0.1, 0.15) is 11.1 Å². The molecule has 2 aromatic rings. The van der Waals surface area contributed by atoms with E-state index < -0.39 is 15.7 Å². The van der Waals surface area contributed by atoms with Crippen LogP contribution in [0, 0.1) is 5.82 Å². The minimum Gasteiger partial charge on any atom is -0.396 e. The summed E-state index contributed by atoms with van der Waals surface area (Å²) in [5.41, 5.74) is 6.65. The Balaban J connectivity index is 2.14. The van der Waals surface area contributed by atoms with Crippen molar-refractivity contribution in [3.63, 3.8) is 0 Å². The molecule has 0 radical (unpaired) electrons. The normalized spacial score (nSPS) is 11.9. The Morgan fingerprint density at radius 3 is 2.43 bits per heavy atom. The van der Waals surface area contributed by atoms with E-state index in [2.05, 4.69) is 15.9 Å². The minimum absolute atomic E-state index is 0.0116. The summed E-state index contributed by atoms with van der Waals surface area (Å²) in [5.74, 6) is -0.613. The molecular weight excluding hydrogens is 357 g/mol. The second-order valence-corrected chi connectivity index (χ2v) is 7.32. The van der Waals surface area contributed by atoms with Gasteiger partial charge in [0.1, 0.15) is 5.82 Å². The van der Waals surface area contributed by atoms with E-state index in [-0.39, 0.29) is 11.4 Å². The van der Waals surface area contributed by atoms with Gasteiger partial charge in [0, 0.05) is 9.88 Å². The van der Waals surface area contributed by atoms with Crippen molar-refractivity contribution in [1.82, 2.24) is 0 Å². The van der Waals surface area contributed by atoms with Gasteiger partial charge in [-0.15, -0.1) is 0 Å². The van der Waals surface area contributed by atoms with Gasteiger partial charge in [-0.05, 0) is 41.5 Å². The van der Waals surface area contributed by atoms with Crippen molar-refractivity contribution in [3.05, 3.63) is 69.3 Å². The molecule has 2 aromatic carbocycles. The minimum atomic E-state index is -3.40. The molecule has 0 heterocycles. The van der Waals surface area contributed by atoms with Crippen molar-refractivity contribution in [2.45, 2.75) is 5.75 Å². The van der Waals surface area contributed by atoms with Gasteiger partial charge in [-0.2, -0.15) is 0 Å². The molecule has 0 aliphatic heterocycles. The van der Waals surface area contributed by atoms with Crippen LogP contribution in [0.4, 0.5) is 10.1 Å². The molecule has 0 saturated heterocycles. The standard InChI is InChI=1S/C15H13BrFNO2S/c16-13-4-1-12(2-5-13)10-21(19,20)8-7-11-3-6-14(17)15(18)9-11/h1-9H,10,18H2. The number of sulfone groups is 1. The summed E-state index contributed by atoms with van der Waals surface area (Å²) in [6.45, 7) is 0. The van der Waals surface area contributed by atoms with E-state index >= 15 is 0 Å². The highest BCUT2D eigenvalue weighted by Crippen LogP contribution is 2.16. The Labute approximate surface area is 131 Å². The average molecular weight is 370 g/mol. The van der Waals surface area contributed by atoms with Gasteiger partial charge in [0.25, 0.3) is 0 Å². The van der Waals surface area contributed by atoms with E-state index in [4.69, 9.17) is 5.73 Å². The number of nitrogens with two attached hydrogens (primary N) is 1. The summed E-state index contributed by atoms with van der Waals surface area (Å²) in [6, 6.07) is 11.1. The van der Waals surface area contributed by atoms with Crippen molar-refractivity contribution in [2.24, 2.45) is 0 Å². The molecule has 0 unspecified atom stereocenters. The van der Waals surface area contributed by atoms with Crippen molar-refractivity contribution in [2.75, 3.05) is 5.73 Å². The highest BCUT2D eigenvalue weighted by Gasteiger charge is 2.08. The Morgan fingerprint density at radius 2 is 1.81 bits per heavy atom. The number of halogens is 2. The molecule has 3 nitrogen and oxygen atoms in total. The molecule has 0 aromatic heterocycles. The van der Waals surface area contributed by atoms with Crippen LogP contribution < -0.4 is 5.73 Å². The third-order valence-electron chi connectivity index (χ3n) is 2.77. The number of hydrogen-bond donors (Lipinski definition) is 1. The first kappa shape index (κ1) is 15.7. The summed E-state index contributed by atoms with van der Waals surface area (Å²) in [4.78, 5) is 0. The molecule has 6 heteroatoms. The molecule has 2 rings (SSSR count). The van der Waals surface area contributed by atoms with Crippen LogP contribution in [0.3, 0.4) is 0 Å². The molecule has 0 aliphatic carbocycles. The van der Waals surface area contributed by atoms with Gasteiger partial charge >= 0.3 is 0 Å². The summed E-state index contributed by atoms with van der Waals surface area (Å²) in [6.07, 6.45) is 1.41. The molecule has 0 bridgehead atoms. The lowest BCUT2D eigenvalue weighted by Crippen LogP contribution is -1.99. The zero-order valence-electron chi connectivity index (χ0n) is 11.0. The van der Waals surface area contributed by atoms with Crippen LogP contribution in [0.5, 0.6) is 0 Å². The van der Waals surface area contributed by atoms with E-state index in [1.807, 2.05) is 0 Å². The lowest BCUT2D eigenvalue weighted by molar-refractivity contribution is 0.604. The summed E-state index contributed by atoms with van der Waals surface area (Å²) >= 11 is 3.29. The fourth-order valence-corrected chi connectivity index (χ4v) is 3.09. The summed E-state index contributed by atoms with van der Waals surface area (Å²) in [7, 11) is -3.40. The Bertz CT molecular complexity index is 771. The quantitative estimate of drug-likeness (QED) is 0.834. The van der Waals surface area contributed by atoms with Crippen LogP contribution in [0.2, 0.25) is 0 Å². The molecule has 110 valence electrons. The lowest BCUT2D eigenvalue weighted by atomic mass is 10.2. The van der Waals surface area contributed by atoms with Crippen LogP contribution in [-0.4, -0.2) is 8.42 Å². The van der Waals surface area contributed by atoms with Crippen molar-refractivity contribution in [1.29, 1.82) is 0 Å². The van der Waals surface area contributed by atoms with E-state index in [9.17, 15) is 12.8 Å². The molecular formula is C15H13BrFNO2S. The number of hydrogen-bond acceptors (Lipinski definition) is 3. The van der Waals surface area contributed by atoms with Crippen LogP contribution >= 0.6 is 15.9 Å². The van der Waals surface area contributed by atoms with Gasteiger partial charge < -0.3 is 5.73 Å². The van der Waals surface area contributed by atoms with Gasteiger partial charge in [-0.3, -0.25) is 0 Å². The van der Waals surface area contributed by atoms with Crippen LogP contribution in [-0.2, 0) is 15.6 Å². The lowest BCUT2D eigenvalue weighted by Gasteiger charge is -2.01. The molecule has 0 spiro atoms. The SMILES string of the molecule is Nc1cc(C=CS(=O)(=O)Cc2ccc(Br)cc2)ccc1F. The van der Waals surface area contributed by atoms with Gasteiger partial charge in [-0.25, -0.2) is 12.8 Å². The van der Waals surface area contributed by atoms with Crippen LogP contribution in [0.15, 0.2) is 52.3 Å². The number of rotatable bonds is 4. The van der Waals surface area contributed by atoms with E-state index in [1.54, 1.807) is 24.3 Å². The monoisotopic (exact) mass is 369 g/mol. The molecule has 0 amide bonds. The fourth-order valence-electron chi connectivity index (χ4n) is 1.71. The first-order valence-electron chi connectivity index (χ1n) is 6.06. The van der Waals surface area contributed by atoms with E-state index in [0.717, 1.165) is 9.88 Å². The maximum Gasteiger partial charge on any atom is 0.175 e. The fraction of sp³-hybridized carbons (Fsp3) is 0.0667. The highest BCUT2D eigenvalue weighted by molar-refractivity contribution is 9.10. The van der Waals surface area contributed by atoms with Crippen molar-refractivity contribution < 1.29 is 12.8 Å². The third-order valence-corrected chi connectivity index (χ3v) is 4.58. The molecule has 0 saturated carbocycles. The zero-order valence-corrected chi connectivity index (χ0v) is 13.4. The van der Waals surface area contributed by atoms with Gasteiger partial charge in [0.2, 0.25) is 0 Å². The topological polar surface area (TPSA) is 60.2 Å².